The predicted molar refractivity (Wildman–Crippen MR) is 132 cm³/mol. The maximum atomic E-state index is 12.8. The van der Waals surface area contributed by atoms with Crippen LogP contribution in [-0.4, -0.2) is 39.3 Å². The van der Waals surface area contributed by atoms with Gasteiger partial charge < -0.3 is 20.1 Å². The fourth-order valence-corrected chi connectivity index (χ4v) is 3.53. The normalized spacial score (nSPS) is 14.6. The summed E-state index contributed by atoms with van der Waals surface area (Å²) < 4.78 is 48.5. The Morgan fingerprint density at radius 2 is 1.57 bits per heavy atom. The molecule has 0 radical (unpaired) electrons. The maximum Gasteiger partial charge on any atom is 0.422 e. The molecule has 8 nitrogen and oxygen atoms in total. The molecular weight excluding hydrogens is 487 g/mol. The number of benzene rings is 2. The molecule has 11 heteroatoms. The van der Waals surface area contributed by atoms with E-state index in [0.29, 0.717) is 11.3 Å². The summed E-state index contributed by atoms with van der Waals surface area (Å²) in [5.74, 6) is -0.406. The van der Waals surface area contributed by atoms with Gasteiger partial charge in [-0.2, -0.15) is 28.1 Å². The Hall–Kier alpha value is -3.89. The van der Waals surface area contributed by atoms with Crippen molar-refractivity contribution in [2.75, 3.05) is 17.2 Å². The largest absolute Gasteiger partial charge is 0.456 e. The third-order valence-corrected chi connectivity index (χ3v) is 5.46. The number of carbonyl (C=O) groups is 1. The van der Waals surface area contributed by atoms with Crippen molar-refractivity contribution in [3.63, 3.8) is 0 Å². The first-order chi connectivity index (χ1) is 17.3. The highest BCUT2D eigenvalue weighted by atomic mass is 19.4. The van der Waals surface area contributed by atoms with Gasteiger partial charge in [0.15, 0.2) is 6.61 Å². The highest BCUT2D eigenvalue weighted by molar-refractivity contribution is 5.90. The van der Waals surface area contributed by atoms with E-state index in [4.69, 9.17) is 9.47 Å². The quantitative estimate of drug-likeness (QED) is 0.357. The van der Waals surface area contributed by atoms with Gasteiger partial charge in [0.2, 0.25) is 11.9 Å². The van der Waals surface area contributed by atoms with Crippen molar-refractivity contribution in [1.29, 1.82) is 0 Å². The Labute approximate surface area is 212 Å². The predicted octanol–water partition coefficient (Wildman–Crippen LogP) is 5.92. The van der Waals surface area contributed by atoms with Gasteiger partial charge in [0.05, 0.1) is 11.1 Å². The molecule has 0 spiro atoms. The van der Waals surface area contributed by atoms with Gasteiger partial charge >= 0.3 is 18.2 Å². The van der Waals surface area contributed by atoms with E-state index >= 15 is 0 Å². The third-order valence-electron chi connectivity index (χ3n) is 5.46. The molecule has 1 aliphatic carbocycles. The fraction of sp³-hybridized carbons (Fsp3) is 0.385. The van der Waals surface area contributed by atoms with Crippen LogP contribution in [0.3, 0.4) is 0 Å². The van der Waals surface area contributed by atoms with Crippen LogP contribution in [0.25, 0.3) is 0 Å². The van der Waals surface area contributed by atoms with Gasteiger partial charge in [-0.05, 0) is 70.4 Å². The lowest BCUT2D eigenvalue weighted by Crippen LogP contribution is -2.23. The number of alkyl halides is 3. The van der Waals surface area contributed by atoms with Crippen molar-refractivity contribution < 1.29 is 27.4 Å². The van der Waals surface area contributed by atoms with Crippen LogP contribution in [0.5, 0.6) is 6.01 Å². The molecule has 3 aromatic rings. The van der Waals surface area contributed by atoms with Crippen molar-refractivity contribution >= 4 is 23.6 Å². The average Bonchev–Trinajstić information content (AvgIpc) is 3.57. The molecular formula is C26H28F3N5O3. The minimum absolute atomic E-state index is 0.0144. The lowest BCUT2D eigenvalue weighted by Gasteiger charge is -2.19. The second-order valence-electron chi connectivity index (χ2n) is 9.95. The molecule has 37 heavy (non-hydrogen) atoms. The monoisotopic (exact) mass is 515 g/mol. The molecule has 0 amide bonds. The van der Waals surface area contributed by atoms with Crippen molar-refractivity contribution in [3.05, 3.63) is 65.2 Å². The van der Waals surface area contributed by atoms with Crippen molar-refractivity contribution in [1.82, 2.24) is 15.0 Å². The molecule has 0 atom stereocenters. The number of ether oxygens (including phenoxy) is 2. The first kappa shape index (κ1) is 26.2. The number of nitrogens with zero attached hydrogens (tertiary/aromatic N) is 3. The number of aromatic nitrogens is 3. The van der Waals surface area contributed by atoms with E-state index in [2.05, 4.69) is 25.6 Å². The van der Waals surface area contributed by atoms with Gasteiger partial charge in [-0.25, -0.2) is 4.79 Å². The van der Waals surface area contributed by atoms with Gasteiger partial charge in [0, 0.05) is 5.69 Å². The fourth-order valence-electron chi connectivity index (χ4n) is 3.53. The van der Waals surface area contributed by atoms with E-state index in [1.54, 1.807) is 45.0 Å². The standard InChI is InChI=1S/C26H28F3N5O3/c1-16-5-9-18(10-6-16)25(13-14-25)34-22-31-21(32-23(33-22)36-15-26(27,28)29)30-19-11-7-17(8-12-19)20(35)37-24(2,3)4/h5-12H,13-15H2,1-4H3,(H2,30,31,32,33,34). The van der Waals surface area contributed by atoms with Crippen molar-refractivity contribution in [2.45, 2.75) is 57.9 Å². The highest BCUT2D eigenvalue weighted by Gasteiger charge is 2.45. The van der Waals surface area contributed by atoms with E-state index in [1.165, 1.54) is 0 Å². The summed E-state index contributed by atoms with van der Waals surface area (Å²) in [6, 6.07) is 13.9. The van der Waals surface area contributed by atoms with Crippen LogP contribution in [0.2, 0.25) is 0 Å². The minimum Gasteiger partial charge on any atom is -0.456 e. The van der Waals surface area contributed by atoms with E-state index in [0.717, 1.165) is 24.0 Å². The Balaban J connectivity index is 1.55. The van der Waals surface area contributed by atoms with Gasteiger partial charge in [0.1, 0.15) is 5.60 Å². The van der Waals surface area contributed by atoms with E-state index in [1.807, 2.05) is 31.2 Å². The van der Waals surface area contributed by atoms with Crippen molar-refractivity contribution in [3.8, 4) is 6.01 Å². The lowest BCUT2D eigenvalue weighted by molar-refractivity contribution is -0.154. The minimum atomic E-state index is -4.55. The molecule has 1 aliphatic rings. The van der Waals surface area contributed by atoms with E-state index < -0.39 is 35.9 Å². The van der Waals surface area contributed by atoms with E-state index in [9.17, 15) is 18.0 Å². The molecule has 0 unspecified atom stereocenters. The Bertz CT molecular complexity index is 1250. The first-order valence-electron chi connectivity index (χ1n) is 11.7. The average molecular weight is 516 g/mol. The SMILES string of the molecule is Cc1ccc(C2(Nc3nc(Nc4ccc(C(=O)OC(C)(C)C)cc4)nc(OCC(F)(F)F)n3)CC2)cc1. The molecule has 1 heterocycles. The number of anilines is 3. The second-order valence-corrected chi connectivity index (χ2v) is 9.95. The number of hydrogen-bond acceptors (Lipinski definition) is 8. The Morgan fingerprint density at radius 1 is 0.946 bits per heavy atom. The maximum absolute atomic E-state index is 12.8. The molecule has 0 aliphatic heterocycles. The van der Waals surface area contributed by atoms with Gasteiger partial charge in [-0.3, -0.25) is 0 Å². The summed E-state index contributed by atoms with van der Waals surface area (Å²) in [5.41, 5.74) is 1.96. The van der Waals surface area contributed by atoms with Crippen LogP contribution in [0.15, 0.2) is 48.5 Å². The molecule has 1 aromatic heterocycles. The summed E-state index contributed by atoms with van der Waals surface area (Å²) in [6.45, 7) is 5.78. The molecule has 2 aromatic carbocycles. The third kappa shape index (κ3) is 7.31. The molecule has 0 saturated heterocycles. The number of hydrogen-bond donors (Lipinski definition) is 2. The van der Waals surface area contributed by atoms with Crippen LogP contribution < -0.4 is 15.4 Å². The zero-order valence-electron chi connectivity index (χ0n) is 20.9. The summed E-state index contributed by atoms with van der Waals surface area (Å²) >= 11 is 0. The number of nitrogens with one attached hydrogen (secondary N) is 2. The highest BCUT2D eigenvalue weighted by Crippen LogP contribution is 2.48. The number of rotatable bonds is 8. The van der Waals surface area contributed by atoms with Crippen LogP contribution in [-0.2, 0) is 10.3 Å². The Kier molecular flexibility index (Phi) is 6.98. The van der Waals surface area contributed by atoms with Crippen molar-refractivity contribution in [2.24, 2.45) is 0 Å². The summed E-state index contributed by atoms with van der Waals surface area (Å²) in [7, 11) is 0. The van der Waals surface area contributed by atoms with Gasteiger partial charge in [-0.15, -0.1) is 0 Å². The zero-order chi connectivity index (χ0) is 26.8. The zero-order valence-corrected chi connectivity index (χ0v) is 20.9. The van der Waals surface area contributed by atoms with Crippen LogP contribution in [0.1, 0.15) is 55.1 Å². The topological polar surface area (TPSA) is 98.3 Å². The van der Waals surface area contributed by atoms with Crippen LogP contribution >= 0.6 is 0 Å². The van der Waals surface area contributed by atoms with Crippen LogP contribution in [0.4, 0.5) is 30.8 Å². The second kappa shape index (κ2) is 9.87. The summed E-state index contributed by atoms with van der Waals surface area (Å²) in [5, 5.41) is 6.18. The van der Waals surface area contributed by atoms with Gasteiger partial charge in [-0.1, -0.05) is 29.8 Å². The molecule has 4 rings (SSSR count). The molecule has 1 saturated carbocycles. The summed E-state index contributed by atoms with van der Waals surface area (Å²) in [6.07, 6.45) is -2.92. The summed E-state index contributed by atoms with van der Waals surface area (Å²) in [4.78, 5) is 24.7. The molecule has 0 bridgehead atoms. The number of aryl methyl sites for hydroxylation is 1. The Morgan fingerprint density at radius 3 is 2.14 bits per heavy atom. The molecule has 196 valence electrons. The number of halogens is 3. The molecule has 1 fully saturated rings. The van der Waals surface area contributed by atoms with Gasteiger partial charge in [0.25, 0.3) is 0 Å². The lowest BCUT2D eigenvalue weighted by atomic mass is 10.0. The smallest absolute Gasteiger partial charge is 0.422 e. The molecule has 2 N–H and O–H groups in total. The van der Waals surface area contributed by atoms with E-state index in [-0.39, 0.29) is 11.9 Å². The number of carbonyl (C=O) groups excluding carboxylic acids is 1. The number of esters is 1. The first-order valence-corrected chi connectivity index (χ1v) is 11.7. The van der Waals surface area contributed by atoms with Crippen LogP contribution in [0, 0.1) is 6.92 Å².